The normalized spacial score (nSPS) is 13.0. The van der Waals surface area contributed by atoms with Crippen molar-refractivity contribution in [1.29, 1.82) is 0 Å². The van der Waals surface area contributed by atoms with E-state index in [2.05, 4.69) is 5.32 Å². The molecule has 6 nitrogen and oxygen atoms in total. The van der Waals surface area contributed by atoms with Crippen LogP contribution in [0.15, 0.2) is 47.5 Å². The van der Waals surface area contributed by atoms with Crippen molar-refractivity contribution in [3.63, 3.8) is 0 Å². The molecule has 1 N–H and O–H groups in total. The number of aryl methyl sites for hydroxylation is 1. The Balaban J connectivity index is 2.12. The van der Waals surface area contributed by atoms with Crippen molar-refractivity contribution in [3.8, 4) is 0 Å². The lowest BCUT2D eigenvalue weighted by Gasteiger charge is -2.17. The fourth-order valence-corrected chi connectivity index (χ4v) is 4.38. The van der Waals surface area contributed by atoms with Gasteiger partial charge in [0.15, 0.2) is 0 Å². The predicted molar refractivity (Wildman–Crippen MR) is 103 cm³/mol. The minimum atomic E-state index is -3.58. The second-order valence-corrected chi connectivity index (χ2v) is 8.22. The molecular formula is C19H27N3O3S. The number of sulfonamides is 1. The molecule has 0 saturated heterocycles. The largest absolute Gasteiger partial charge is 0.350 e. The third kappa shape index (κ3) is 4.34. The number of rotatable bonds is 8. The summed E-state index contributed by atoms with van der Waals surface area (Å²) in [5, 5.41) is 2.89. The summed E-state index contributed by atoms with van der Waals surface area (Å²) >= 11 is 0. The van der Waals surface area contributed by atoms with E-state index in [9.17, 15) is 13.2 Å². The zero-order valence-corrected chi connectivity index (χ0v) is 16.6. The van der Waals surface area contributed by atoms with Gasteiger partial charge < -0.3 is 9.88 Å². The number of carbonyl (C=O) groups excluding carboxylic acids is 1. The van der Waals surface area contributed by atoms with Gasteiger partial charge in [0.1, 0.15) is 10.6 Å². The summed E-state index contributed by atoms with van der Waals surface area (Å²) in [6.45, 7) is 6.89. The Morgan fingerprint density at radius 2 is 1.81 bits per heavy atom. The molecule has 0 unspecified atom stereocenters. The van der Waals surface area contributed by atoms with Gasteiger partial charge in [-0.15, -0.1) is 0 Å². The van der Waals surface area contributed by atoms with Gasteiger partial charge in [0, 0.05) is 32.9 Å². The van der Waals surface area contributed by atoms with E-state index in [0.717, 1.165) is 5.56 Å². The molecule has 26 heavy (non-hydrogen) atoms. The lowest BCUT2D eigenvalue weighted by molar-refractivity contribution is 0.0943. The van der Waals surface area contributed by atoms with Crippen LogP contribution in [0.5, 0.6) is 0 Å². The van der Waals surface area contributed by atoms with E-state index in [1.165, 1.54) is 16.6 Å². The summed E-state index contributed by atoms with van der Waals surface area (Å²) in [5.41, 5.74) is 1.47. The van der Waals surface area contributed by atoms with Crippen molar-refractivity contribution >= 4 is 15.9 Å². The molecule has 0 radical (unpaired) electrons. The molecule has 0 bridgehead atoms. The number of hydrogen-bond acceptors (Lipinski definition) is 3. The van der Waals surface area contributed by atoms with Crippen LogP contribution >= 0.6 is 0 Å². The monoisotopic (exact) mass is 377 g/mol. The maximum atomic E-state index is 12.6. The van der Waals surface area contributed by atoms with Crippen LogP contribution in [0.4, 0.5) is 0 Å². The molecule has 1 aromatic heterocycles. The zero-order valence-electron chi connectivity index (χ0n) is 15.8. The van der Waals surface area contributed by atoms with Gasteiger partial charge in [-0.05, 0) is 17.5 Å². The van der Waals surface area contributed by atoms with E-state index < -0.39 is 10.0 Å². The Morgan fingerprint density at radius 3 is 2.38 bits per heavy atom. The van der Waals surface area contributed by atoms with Crippen LogP contribution in [-0.2, 0) is 17.1 Å². The molecule has 0 aliphatic carbocycles. The average molecular weight is 378 g/mol. The zero-order chi connectivity index (χ0) is 19.3. The Kier molecular flexibility index (Phi) is 6.61. The Hall–Kier alpha value is -2.12. The Labute approximate surface area is 155 Å². The van der Waals surface area contributed by atoms with Gasteiger partial charge in [-0.2, -0.15) is 4.31 Å². The number of amides is 1. The van der Waals surface area contributed by atoms with E-state index >= 15 is 0 Å². The highest BCUT2D eigenvalue weighted by molar-refractivity contribution is 7.89. The van der Waals surface area contributed by atoms with Crippen molar-refractivity contribution in [2.24, 2.45) is 7.05 Å². The van der Waals surface area contributed by atoms with Gasteiger partial charge in [-0.25, -0.2) is 8.42 Å². The summed E-state index contributed by atoms with van der Waals surface area (Å²) in [6.07, 6.45) is 1.49. The second kappa shape index (κ2) is 8.51. The maximum absolute atomic E-state index is 12.6. The minimum absolute atomic E-state index is 0.143. The number of nitrogens with zero attached hydrogens (tertiary/aromatic N) is 2. The molecule has 7 heteroatoms. The van der Waals surface area contributed by atoms with Gasteiger partial charge in [0.25, 0.3) is 5.91 Å². The number of aromatic nitrogens is 1. The van der Waals surface area contributed by atoms with Crippen LogP contribution in [0.3, 0.4) is 0 Å². The molecule has 1 amide bonds. The van der Waals surface area contributed by atoms with Crippen molar-refractivity contribution in [1.82, 2.24) is 14.2 Å². The molecule has 0 spiro atoms. The summed E-state index contributed by atoms with van der Waals surface area (Å²) in [4.78, 5) is 12.7. The number of nitrogens with one attached hydrogen (secondary N) is 1. The molecular weight excluding hydrogens is 350 g/mol. The van der Waals surface area contributed by atoms with E-state index in [1.54, 1.807) is 25.5 Å². The van der Waals surface area contributed by atoms with Crippen LogP contribution in [-0.4, -0.2) is 42.8 Å². The fourth-order valence-electron chi connectivity index (χ4n) is 2.85. The molecule has 1 aromatic carbocycles. The van der Waals surface area contributed by atoms with Gasteiger partial charge in [0.2, 0.25) is 10.0 Å². The summed E-state index contributed by atoms with van der Waals surface area (Å²) in [7, 11) is -1.90. The first-order chi connectivity index (χ1) is 12.3. The lowest BCUT2D eigenvalue weighted by atomic mass is 10.0. The summed E-state index contributed by atoms with van der Waals surface area (Å²) in [6, 6.07) is 11.4. The van der Waals surface area contributed by atoms with Gasteiger partial charge in [-0.1, -0.05) is 51.1 Å². The molecule has 0 fully saturated rings. The van der Waals surface area contributed by atoms with Gasteiger partial charge in [-0.3, -0.25) is 4.79 Å². The van der Waals surface area contributed by atoms with Crippen LogP contribution in [0, 0.1) is 0 Å². The lowest BCUT2D eigenvalue weighted by Crippen LogP contribution is -2.30. The Bertz CT molecular complexity index is 840. The standard InChI is InChI=1S/C19H27N3O3S/c1-5-22(6-2)26(24,25)17-12-18(21(4)14-17)19(23)20-13-15(3)16-10-8-7-9-11-16/h7-12,14-15H,5-6,13H2,1-4H3,(H,20,23)/t15-/m0/s1. The molecule has 2 aromatic rings. The first kappa shape index (κ1) is 20.2. The SMILES string of the molecule is CCN(CC)S(=O)(=O)c1cc(C(=O)NC[C@H](C)c2ccccc2)n(C)c1. The van der Waals surface area contributed by atoms with Crippen molar-refractivity contribution in [3.05, 3.63) is 53.9 Å². The van der Waals surface area contributed by atoms with Crippen molar-refractivity contribution in [2.45, 2.75) is 31.6 Å². The molecule has 0 aliphatic rings. The maximum Gasteiger partial charge on any atom is 0.267 e. The second-order valence-electron chi connectivity index (χ2n) is 6.28. The average Bonchev–Trinajstić information content (AvgIpc) is 3.03. The molecule has 0 saturated carbocycles. The molecule has 2 rings (SSSR count). The van der Waals surface area contributed by atoms with Crippen molar-refractivity contribution < 1.29 is 13.2 Å². The topological polar surface area (TPSA) is 71.4 Å². The number of benzene rings is 1. The fraction of sp³-hybridized carbons (Fsp3) is 0.421. The molecule has 0 aliphatic heterocycles. The summed E-state index contributed by atoms with van der Waals surface area (Å²) < 4.78 is 28.2. The van der Waals surface area contributed by atoms with E-state index in [0.29, 0.717) is 25.3 Å². The van der Waals surface area contributed by atoms with Crippen LogP contribution in [0.25, 0.3) is 0 Å². The van der Waals surface area contributed by atoms with Crippen molar-refractivity contribution in [2.75, 3.05) is 19.6 Å². The predicted octanol–water partition coefficient (Wildman–Crippen LogP) is 2.59. The molecule has 1 heterocycles. The third-order valence-corrected chi connectivity index (χ3v) is 6.51. The molecule has 1 atom stereocenters. The number of hydrogen-bond donors (Lipinski definition) is 1. The Morgan fingerprint density at radius 1 is 1.19 bits per heavy atom. The van der Waals surface area contributed by atoms with E-state index in [1.807, 2.05) is 37.3 Å². The van der Waals surface area contributed by atoms with E-state index in [-0.39, 0.29) is 16.7 Å². The molecule has 142 valence electrons. The highest BCUT2D eigenvalue weighted by Crippen LogP contribution is 2.19. The minimum Gasteiger partial charge on any atom is -0.350 e. The highest BCUT2D eigenvalue weighted by Gasteiger charge is 2.25. The highest BCUT2D eigenvalue weighted by atomic mass is 32.2. The van der Waals surface area contributed by atoms with Gasteiger partial charge >= 0.3 is 0 Å². The van der Waals surface area contributed by atoms with Crippen LogP contribution in [0.2, 0.25) is 0 Å². The first-order valence-electron chi connectivity index (χ1n) is 8.80. The van der Waals surface area contributed by atoms with E-state index in [4.69, 9.17) is 0 Å². The van der Waals surface area contributed by atoms with Crippen LogP contribution < -0.4 is 5.32 Å². The third-order valence-electron chi connectivity index (χ3n) is 4.49. The quantitative estimate of drug-likeness (QED) is 0.769. The summed E-state index contributed by atoms with van der Waals surface area (Å²) in [5.74, 6) is -0.115. The van der Waals surface area contributed by atoms with Gasteiger partial charge in [0.05, 0.1) is 0 Å². The first-order valence-corrected chi connectivity index (χ1v) is 10.2. The number of carbonyl (C=O) groups is 1. The van der Waals surface area contributed by atoms with Crippen LogP contribution in [0.1, 0.15) is 42.7 Å². The smallest absolute Gasteiger partial charge is 0.267 e.